The number of para-hydroxylation sites is 1. The zero-order valence-electron chi connectivity index (χ0n) is 24.3. The van der Waals surface area contributed by atoms with E-state index in [9.17, 15) is 27.6 Å². The summed E-state index contributed by atoms with van der Waals surface area (Å²) in [5.41, 5.74) is 1.37. The summed E-state index contributed by atoms with van der Waals surface area (Å²) in [5, 5.41) is 2.60. The van der Waals surface area contributed by atoms with E-state index in [1.807, 2.05) is 28.8 Å². The molecule has 1 fully saturated rings. The van der Waals surface area contributed by atoms with Crippen molar-refractivity contribution in [2.75, 3.05) is 13.1 Å². The van der Waals surface area contributed by atoms with Gasteiger partial charge in [-0.2, -0.15) is 0 Å². The van der Waals surface area contributed by atoms with Crippen LogP contribution in [0.25, 0.3) is 5.69 Å². The minimum Gasteiger partial charge on any atom is -0.444 e. The van der Waals surface area contributed by atoms with Crippen molar-refractivity contribution in [3.63, 3.8) is 0 Å². The second kappa shape index (κ2) is 12.1. The Kier molecular flexibility index (Phi) is 8.48. The van der Waals surface area contributed by atoms with Crippen LogP contribution in [0.2, 0.25) is 0 Å². The smallest absolute Gasteiger partial charge is 0.407 e. The Morgan fingerprint density at radius 2 is 1.67 bits per heavy atom. The zero-order valence-corrected chi connectivity index (χ0v) is 24.3. The first-order valence-corrected chi connectivity index (χ1v) is 14.2. The van der Waals surface area contributed by atoms with Crippen molar-refractivity contribution < 1.29 is 32.3 Å². The fourth-order valence-electron chi connectivity index (χ4n) is 5.45. The van der Waals surface area contributed by atoms with Crippen LogP contribution in [0, 0.1) is 17.5 Å². The predicted octanol–water partition coefficient (Wildman–Crippen LogP) is 4.89. The zero-order chi connectivity index (χ0) is 30.9. The summed E-state index contributed by atoms with van der Waals surface area (Å²) in [6, 6.07) is 7.60. The van der Waals surface area contributed by atoms with E-state index in [1.54, 1.807) is 36.9 Å². The molecule has 228 valence electrons. The summed E-state index contributed by atoms with van der Waals surface area (Å²) >= 11 is 0. The van der Waals surface area contributed by atoms with E-state index in [1.165, 1.54) is 0 Å². The summed E-state index contributed by atoms with van der Waals surface area (Å²) in [7, 11) is 0. The first kappa shape index (κ1) is 30.1. The van der Waals surface area contributed by atoms with Crippen LogP contribution < -0.4 is 5.32 Å². The van der Waals surface area contributed by atoms with Gasteiger partial charge in [0.2, 0.25) is 5.91 Å². The van der Waals surface area contributed by atoms with Gasteiger partial charge in [-0.3, -0.25) is 9.59 Å². The van der Waals surface area contributed by atoms with Crippen LogP contribution >= 0.6 is 0 Å². The number of alkyl carbamates (subject to hydrolysis) is 1. The molecule has 0 spiro atoms. The number of likely N-dealkylation sites (tertiary alicyclic amines) is 1. The largest absolute Gasteiger partial charge is 0.444 e. The number of hydrogen-bond donors (Lipinski definition) is 1. The van der Waals surface area contributed by atoms with E-state index in [0.29, 0.717) is 24.8 Å². The first-order valence-electron chi connectivity index (χ1n) is 14.2. The van der Waals surface area contributed by atoms with Gasteiger partial charge in [-0.15, -0.1) is 0 Å². The van der Waals surface area contributed by atoms with Gasteiger partial charge in [0.25, 0.3) is 5.91 Å². The summed E-state index contributed by atoms with van der Waals surface area (Å²) in [4.78, 5) is 47.7. The van der Waals surface area contributed by atoms with Gasteiger partial charge >= 0.3 is 6.09 Å². The second-order valence-electron chi connectivity index (χ2n) is 11.9. The van der Waals surface area contributed by atoms with Gasteiger partial charge in [0.15, 0.2) is 17.3 Å². The number of benzene rings is 2. The molecule has 0 aliphatic carbocycles. The molecular formula is C31H34F3N5O4. The maximum absolute atomic E-state index is 14.6. The third-order valence-corrected chi connectivity index (χ3v) is 7.47. The van der Waals surface area contributed by atoms with Crippen molar-refractivity contribution in [1.82, 2.24) is 24.7 Å². The maximum atomic E-state index is 14.6. The summed E-state index contributed by atoms with van der Waals surface area (Å²) < 4.78 is 49.3. The summed E-state index contributed by atoms with van der Waals surface area (Å²) in [6.45, 7) is 6.54. The molecular weight excluding hydrogens is 563 g/mol. The van der Waals surface area contributed by atoms with Crippen LogP contribution in [0.5, 0.6) is 0 Å². The van der Waals surface area contributed by atoms with Gasteiger partial charge < -0.3 is 24.4 Å². The van der Waals surface area contributed by atoms with Crippen LogP contribution in [0.4, 0.5) is 18.0 Å². The molecule has 1 saturated heterocycles. The molecule has 5 rings (SSSR count). The molecule has 1 N–H and O–H groups in total. The molecule has 2 aliphatic heterocycles. The average Bonchev–Trinajstić information content (AvgIpc) is 3.58. The first-order chi connectivity index (χ1) is 20.4. The Labute approximate surface area is 247 Å². The quantitative estimate of drug-likeness (QED) is 0.408. The molecule has 9 nitrogen and oxygen atoms in total. The van der Waals surface area contributed by atoms with E-state index in [2.05, 4.69) is 10.3 Å². The lowest BCUT2D eigenvalue weighted by Gasteiger charge is -2.27. The topological polar surface area (TPSA) is 96.8 Å². The third kappa shape index (κ3) is 6.84. The third-order valence-electron chi connectivity index (χ3n) is 7.47. The minimum atomic E-state index is -1.34. The van der Waals surface area contributed by atoms with Gasteiger partial charge in [-0.05, 0) is 63.3 Å². The number of amides is 3. The Morgan fingerprint density at radius 3 is 2.40 bits per heavy atom. The number of rotatable bonds is 6. The Balaban J connectivity index is 1.44. The highest BCUT2D eigenvalue weighted by molar-refractivity contribution is 5.94. The van der Waals surface area contributed by atoms with E-state index in [0.717, 1.165) is 30.2 Å². The standard InChI is InChI=1S/C31H34F3N5O4/c1-31(2,3)43-30(42)36-21(12-20-13-23(33)24(34)15-22(20)32)14-27(40)38-16-19-8-4-5-9-25(19)39-18-35-28(26(39)17-38)29(41)37-10-6-7-11-37/h4-5,8-9,13,15,18,21H,6-7,10-12,14,16-17H2,1-3H3,(H,36,42). The monoisotopic (exact) mass is 597 g/mol. The number of hydrogen-bond acceptors (Lipinski definition) is 5. The molecule has 0 bridgehead atoms. The van der Waals surface area contributed by atoms with Crippen LogP contribution in [0.3, 0.4) is 0 Å². The number of nitrogens with zero attached hydrogens (tertiary/aromatic N) is 4. The van der Waals surface area contributed by atoms with Crippen LogP contribution in [-0.4, -0.2) is 62.0 Å². The van der Waals surface area contributed by atoms with Crippen LogP contribution in [-0.2, 0) is 29.0 Å². The highest BCUT2D eigenvalue weighted by atomic mass is 19.2. The molecule has 3 heterocycles. The van der Waals surface area contributed by atoms with Crippen molar-refractivity contribution in [2.24, 2.45) is 0 Å². The van der Waals surface area contributed by atoms with Gasteiger partial charge in [0.1, 0.15) is 17.7 Å². The molecule has 2 aliphatic rings. The molecule has 0 radical (unpaired) electrons. The number of ether oxygens (including phenoxy) is 1. The van der Waals surface area contributed by atoms with E-state index < -0.39 is 41.1 Å². The van der Waals surface area contributed by atoms with Gasteiger partial charge in [-0.1, -0.05) is 18.2 Å². The number of halogens is 3. The highest BCUT2D eigenvalue weighted by Crippen LogP contribution is 2.28. The Bertz CT molecular complexity index is 1540. The molecule has 1 aromatic heterocycles. The van der Waals surface area contributed by atoms with Gasteiger partial charge in [0, 0.05) is 38.2 Å². The van der Waals surface area contributed by atoms with E-state index in [4.69, 9.17) is 4.74 Å². The van der Waals surface area contributed by atoms with Crippen molar-refractivity contribution >= 4 is 17.9 Å². The molecule has 3 amide bonds. The molecule has 1 atom stereocenters. The number of carbonyl (C=O) groups is 3. The number of imidazole rings is 1. The SMILES string of the molecule is CC(C)(C)OC(=O)NC(CC(=O)N1Cc2ccccc2-n2cnc(C(=O)N3CCCC3)c2C1)Cc1cc(F)c(F)cc1F. The number of nitrogens with one attached hydrogen (secondary N) is 1. The van der Waals surface area contributed by atoms with E-state index >= 15 is 0 Å². The second-order valence-corrected chi connectivity index (χ2v) is 11.9. The predicted molar refractivity (Wildman–Crippen MR) is 151 cm³/mol. The number of aromatic nitrogens is 2. The van der Waals surface area contributed by atoms with Gasteiger partial charge in [0.05, 0.1) is 17.9 Å². The average molecular weight is 598 g/mol. The lowest BCUT2D eigenvalue weighted by atomic mass is 10.0. The number of carbonyl (C=O) groups excluding carboxylic acids is 3. The molecule has 43 heavy (non-hydrogen) atoms. The van der Waals surface area contributed by atoms with Crippen LogP contribution in [0.15, 0.2) is 42.7 Å². The molecule has 12 heteroatoms. The lowest BCUT2D eigenvalue weighted by molar-refractivity contribution is -0.133. The molecule has 2 aromatic carbocycles. The number of fused-ring (bicyclic) bond motifs is 3. The lowest BCUT2D eigenvalue weighted by Crippen LogP contribution is -2.43. The fraction of sp³-hybridized carbons (Fsp3) is 0.419. The highest BCUT2D eigenvalue weighted by Gasteiger charge is 2.32. The van der Waals surface area contributed by atoms with Crippen molar-refractivity contribution in [3.8, 4) is 5.69 Å². The maximum Gasteiger partial charge on any atom is 0.407 e. The van der Waals surface area contributed by atoms with Gasteiger partial charge in [-0.25, -0.2) is 22.9 Å². The molecule has 1 unspecified atom stereocenters. The van der Waals surface area contributed by atoms with Crippen molar-refractivity contribution in [3.05, 3.63) is 82.7 Å². The normalized spacial score (nSPS) is 15.4. The van der Waals surface area contributed by atoms with E-state index in [-0.39, 0.29) is 43.1 Å². The minimum absolute atomic E-state index is 0.0567. The molecule has 3 aromatic rings. The Hall–Kier alpha value is -4.35. The molecule has 0 saturated carbocycles. The summed E-state index contributed by atoms with van der Waals surface area (Å²) in [6.07, 6.45) is 1.98. The van der Waals surface area contributed by atoms with Crippen LogP contribution in [0.1, 0.15) is 67.3 Å². The fourth-order valence-corrected chi connectivity index (χ4v) is 5.45. The van der Waals surface area contributed by atoms with Crippen molar-refractivity contribution in [2.45, 2.75) is 71.2 Å². The Morgan fingerprint density at radius 1 is 0.977 bits per heavy atom. The summed E-state index contributed by atoms with van der Waals surface area (Å²) in [5.74, 6) is -4.19. The van der Waals surface area contributed by atoms with Crippen molar-refractivity contribution in [1.29, 1.82) is 0 Å².